The summed E-state index contributed by atoms with van der Waals surface area (Å²) in [5, 5.41) is 3.21. The highest BCUT2D eigenvalue weighted by Gasteiger charge is 2.24. The molecule has 1 N–H and O–H groups in total. The largest absolute Gasteiger partial charge is 0.338 e. The summed E-state index contributed by atoms with van der Waals surface area (Å²) in [4.78, 5) is 14.6. The molecule has 0 saturated carbocycles. The fourth-order valence-electron chi connectivity index (χ4n) is 2.70. The molecule has 5 heteroatoms. The van der Waals surface area contributed by atoms with Crippen LogP contribution in [0.2, 0.25) is 0 Å². The molecule has 1 amide bonds. The molecule has 20 heavy (non-hydrogen) atoms. The Kier molecular flexibility index (Phi) is 7.00. The molecule has 3 nitrogen and oxygen atoms in total. The summed E-state index contributed by atoms with van der Waals surface area (Å²) < 4.78 is 0.963. The van der Waals surface area contributed by atoms with Crippen LogP contribution in [0.3, 0.4) is 0 Å². The first kappa shape index (κ1) is 17.5. The highest BCUT2D eigenvalue weighted by Crippen LogP contribution is 2.21. The van der Waals surface area contributed by atoms with Crippen LogP contribution in [0.5, 0.6) is 0 Å². The van der Waals surface area contributed by atoms with Crippen molar-refractivity contribution in [1.29, 1.82) is 0 Å². The number of aryl methyl sites for hydroxylation is 1. The molecule has 1 unspecified atom stereocenters. The Labute approximate surface area is 135 Å². The van der Waals surface area contributed by atoms with Crippen LogP contribution in [0.4, 0.5) is 0 Å². The van der Waals surface area contributed by atoms with Gasteiger partial charge in [0.2, 0.25) is 0 Å². The number of carbonyl (C=O) groups is 1. The zero-order valence-electron chi connectivity index (χ0n) is 12.0. The molecule has 1 aliphatic heterocycles. The third-order valence-electron chi connectivity index (χ3n) is 3.73. The lowest BCUT2D eigenvalue weighted by Crippen LogP contribution is -2.42. The quantitative estimate of drug-likeness (QED) is 0.896. The first-order chi connectivity index (χ1) is 9.11. The van der Waals surface area contributed by atoms with E-state index in [1.54, 1.807) is 0 Å². The summed E-state index contributed by atoms with van der Waals surface area (Å²) in [6.07, 6.45) is 2.31. The van der Waals surface area contributed by atoms with Crippen LogP contribution in [0.15, 0.2) is 22.7 Å². The van der Waals surface area contributed by atoms with Crippen molar-refractivity contribution >= 4 is 34.2 Å². The molecule has 2 rings (SSSR count). The van der Waals surface area contributed by atoms with Crippen molar-refractivity contribution in [3.05, 3.63) is 33.8 Å². The second kappa shape index (κ2) is 8.01. The van der Waals surface area contributed by atoms with Crippen molar-refractivity contribution in [3.8, 4) is 0 Å². The molecule has 112 valence electrons. The van der Waals surface area contributed by atoms with Crippen molar-refractivity contribution in [2.75, 3.05) is 26.7 Å². The molecular formula is C15H22BrClN2O. The van der Waals surface area contributed by atoms with E-state index in [2.05, 4.69) is 21.2 Å². The molecule has 0 aliphatic carbocycles. The van der Waals surface area contributed by atoms with Crippen molar-refractivity contribution in [2.45, 2.75) is 19.8 Å². The topological polar surface area (TPSA) is 32.3 Å². The maximum Gasteiger partial charge on any atom is 0.254 e. The van der Waals surface area contributed by atoms with Crippen LogP contribution < -0.4 is 5.32 Å². The number of rotatable bonds is 3. The maximum absolute atomic E-state index is 12.6. The second-order valence-electron chi connectivity index (χ2n) is 5.28. The molecule has 1 atom stereocenters. The van der Waals surface area contributed by atoms with Gasteiger partial charge in [0.25, 0.3) is 5.91 Å². The van der Waals surface area contributed by atoms with Crippen LogP contribution >= 0.6 is 28.3 Å². The number of nitrogens with one attached hydrogen (secondary N) is 1. The standard InChI is InChI=1S/C15H21BrN2O.ClH/c1-11-5-6-13(16)8-14(11)15(19)18-7-3-4-12(10-18)9-17-2;/h5-6,8,12,17H,3-4,7,9-10H2,1-2H3;1H. The van der Waals surface area contributed by atoms with E-state index in [0.717, 1.165) is 41.7 Å². The first-order valence-corrected chi connectivity index (χ1v) is 7.61. The van der Waals surface area contributed by atoms with Crippen molar-refractivity contribution in [3.63, 3.8) is 0 Å². The predicted octanol–water partition coefficient (Wildman–Crippen LogP) is 3.25. The van der Waals surface area contributed by atoms with Crippen LogP contribution in [0.1, 0.15) is 28.8 Å². The Balaban J connectivity index is 0.00000200. The van der Waals surface area contributed by atoms with Gasteiger partial charge in [-0.2, -0.15) is 0 Å². The van der Waals surface area contributed by atoms with Gasteiger partial charge in [0, 0.05) is 23.1 Å². The summed E-state index contributed by atoms with van der Waals surface area (Å²) in [6, 6.07) is 5.90. The van der Waals surface area contributed by atoms with Gasteiger partial charge in [-0.3, -0.25) is 4.79 Å². The van der Waals surface area contributed by atoms with Gasteiger partial charge >= 0.3 is 0 Å². The number of carbonyl (C=O) groups excluding carboxylic acids is 1. The maximum atomic E-state index is 12.6. The van der Waals surface area contributed by atoms with Gasteiger partial charge in [-0.05, 0) is 57.0 Å². The van der Waals surface area contributed by atoms with E-state index in [1.807, 2.05) is 37.1 Å². The van der Waals surface area contributed by atoms with Gasteiger partial charge in [-0.15, -0.1) is 12.4 Å². The van der Waals surface area contributed by atoms with Crippen molar-refractivity contribution < 1.29 is 4.79 Å². The Morgan fingerprint density at radius 1 is 1.50 bits per heavy atom. The minimum Gasteiger partial charge on any atom is -0.338 e. The fraction of sp³-hybridized carbons (Fsp3) is 0.533. The number of amides is 1. The average Bonchev–Trinajstić information content (AvgIpc) is 2.41. The highest BCUT2D eigenvalue weighted by molar-refractivity contribution is 9.10. The third-order valence-corrected chi connectivity index (χ3v) is 4.22. The lowest BCUT2D eigenvalue weighted by molar-refractivity contribution is 0.0673. The van der Waals surface area contributed by atoms with Crippen molar-refractivity contribution in [2.24, 2.45) is 5.92 Å². The zero-order valence-corrected chi connectivity index (χ0v) is 14.4. The molecule has 0 radical (unpaired) electrons. The molecule has 1 aromatic rings. The minimum atomic E-state index is 0. The Morgan fingerprint density at radius 2 is 2.25 bits per heavy atom. The number of piperidine rings is 1. The summed E-state index contributed by atoms with van der Waals surface area (Å²) in [6.45, 7) is 4.73. The minimum absolute atomic E-state index is 0. The molecule has 1 fully saturated rings. The summed E-state index contributed by atoms with van der Waals surface area (Å²) in [7, 11) is 1.97. The third kappa shape index (κ3) is 4.21. The number of benzene rings is 1. The smallest absolute Gasteiger partial charge is 0.254 e. The predicted molar refractivity (Wildman–Crippen MR) is 88.7 cm³/mol. The van der Waals surface area contributed by atoms with Gasteiger partial charge in [0.05, 0.1) is 0 Å². The Morgan fingerprint density at radius 3 is 2.95 bits per heavy atom. The zero-order chi connectivity index (χ0) is 13.8. The molecule has 1 saturated heterocycles. The number of nitrogens with zero attached hydrogens (tertiary/aromatic N) is 1. The van der Waals surface area contributed by atoms with Gasteiger partial charge < -0.3 is 10.2 Å². The highest BCUT2D eigenvalue weighted by atomic mass is 79.9. The van der Waals surface area contributed by atoms with E-state index < -0.39 is 0 Å². The first-order valence-electron chi connectivity index (χ1n) is 6.82. The summed E-state index contributed by atoms with van der Waals surface area (Å²) >= 11 is 3.44. The Bertz CT molecular complexity index is 465. The lowest BCUT2D eigenvalue weighted by atomic mass is 9.97. The van der Waals surface area contributed by atoms with Crippen molar-refractivity contribution in [1.82, 2.24) is 10.2 Å². The number of hydrogen-bond acceptors (Lipinski definition) is 2. The Hall–Kier alpha value is -0.580. The van der Waals surface area contributed by atoms with Crippen LogP contribution in [-0.4, -0.2) is 37.5 Å². The summed E-state index contributed by atoms with van der Waals surface area (Å²) in [5.74, 6) is 0.745. The molecule has 1 heterocycles. The molecule has 0 spiro atoms. The van der Waals surface area contributed by atoms with Gasteiger partial charge in [-0.1, -0.05) is 22.0 Å². The van der Waals surface area contributed by atoms with E-state index >= 15 is 0 Å². The fourth-order valence-corrected chi connectivity index (χ4v) is 3.06. The number of hydrogen-bond donors (Lipinski definition) is 1. The number of halogens is 2. The molecule has 1 aliphatic rings. The molecule has 1 aromatic carbocycles. The van der Waals surface area contributed by atoms with E-state index in [4.69, 9.17) is 0 Å². The van der Waals surface area contributed by atoms with E-state index in [9.17, 15) is 4.79 Å². The SMILES string of the molecule is CNCC1CCCN(C(=O)c2cc(Br)ccc2C)C1.Cl. The lowest BCUT2D eigenvalue weighted by Gasteiger charge is -2.33. The molecular weight excluding hydrogens is 340 g/mol. The number of likely N-dealkylation sites (tertiary alicyclic amines) is 1. The van der Waals surface area contributed by atoms with E-state index in [0.29, 0.717) is 5.92 Å². The van der Waals surface area contributed by atoms with Gasteiger partial charge in [-0.25, -0.2) is 0 Å². The monoisotopic (exact) mass is 360 g/mol. The second-order valence-corrected chi connectivity index (χ2v) is 6.19. The van der Waals surface area contributed by atoms with E-state index in [-0.39, 0.29) is 18.3 Å². The van der Waals surface area contributed by atoms with Crippen LogP contribution in [-0.2, 0) is 0 Å². The van der Waals surface area contributed by atoms with Crippen LogP contribution in [0, 0.1) is 12.8 Å². The molecule has 0 aromatic heterocycles. The van der Waals surface area contributed by atoms with Crippen LogP contribution in [0.25, 0.3) is 0 Å². The van der Waals surface area contributed by atoms with Gasteiger partial charge in [0.15, 0.2) is 0 Å². The van der Waals surface area contributed by atoms with E-state index in [1.165, 1.54) is 6.42 Å². The summed E-state index contributed by atoms with van der Waals surface area (Å²) in [5.41, 5.74) is 1.86. The normalized spacial score (nSPS) is 18.6. The molecule has 0 bridgehead atoms. The average molecular weight is 362 g/mol. The van der Waals surface area contributed by atoms with Gasteiger partial charge in [0.1, 0.15) is 0 Å².